The maximum atomic E-state index is 11.5. The summed E-state index contributed by atoms with van der Waals surface area (Å²) in [5.41, 5.74) is 0.0265. The Hall–Kier alpha value is -0.800. The van der Waals surface area contributed by atoms with E-state index in [-0.39, 0.29) is 5.56 Å². The number of likely N-dealkylation sites (tertiary alicyclic amines) is 1. The van der Waals surface area contributed by atoms with Crippen molar-refractivity contribution in [3.05, 3.63) is 33.7 Å². The lowest BCUT2D eigenvalue weighted by molar-refractivity contribution is 0.320. The summed E-state index contributed by atoms with van der Waals surface area (Å²) in [5.74, 6) is 0. The molecule has 0 radical (unpaired) electrons. The molecule has 0 atom stereocenters. The number of hydrogen-bond acceptors (Lipinski definition) is 2. The molecule has 2 heterocycles. The predicted molar refractivity (Wildman–Crippen MR) is 61.4 cm³/mol. The molecule has 0 aliphatic carbocycles. The summed E-state index contributed by atoms with van der Waals surface area (Å²) in [4.78, 5) is 13.8. The van der Waals surface area contributed by atoms with E-state index in [1.807, 2.05) is 0 Å². The highest BCUT2D eigenvalue weighted by Gasteiger charge is 2.10. The molecule has 3 nitrogen and oxygen atoms in total. The number of halogens is 1. The van der Waals surface area contributed by atoms with Gasteiger partial charge in [-0.05, 0) is 32.0 Å². The van der Waals surface area contributed by atoms with Gasteiger partial charge in [0, 0.05) is 25.4 Å². The van der Waals surface area contributed by atoms with Gasteiger partial charge in [-0.3, -0.25) is 4.79 Å². The van der Waals surface area contributed by atoms with Crippen LogP contribution in [0.3, 0.4) is 0 Å². The van der Waals surface area contributed by atoms with Crippen LogP contribution in [0, 0.1) is 0 Å². The van der Waals surface area contributed by atoms with E-state index in [1.165, 1.54) is 18.9 Å². The second-order valence-corrected chi connectivity index (χ2v) is 4.36. The van der Waals surface area contributed by atoms with Crippen LogP contribution >= 0.6 is 11.6 Å². The Morgan fingerprint density at radius 3 is 2.67 bits per heavy atom. The minimum atomic E-state index is 0.0265. The van der Waals surface area contributed by atoms with Gasteiger partial charge >= 0.3 is 0 Å². The zero-order chi connectivity index (χ0) is 10.7. The average Bonchev–Trinajstić information content (AvgIpc) is 2.72. The molecule has 4 heteroatoms. The van der Waals surface area contributed by atoms with Gasteiger partial charge in [0.1, 0.15) is 0 Å². The molecule has 0 bridgehead atoms. The van der Waals surface area contributed by atoms with Crippen LogP contribution < -0.4 is 5.56 Å². The van der Waals surface area contributed by atoms with E-state index in [0.29, 0.717) is 5.02 Å². The van der Waals surface area contributed by atoms with E-state index in [2.05, 4.69) is 4.90 Å². The Morgan fingerprint density at radius 1 is 1.20 bits per heavy atom. The molecule has 1 aromatic heterocycles. The molecule has 1 saturated heterocycles. The molecule has 82 valence electrons. The highest BCUT2D eigenvalue weighted by atomic mass is 35.5. The Kier molecular flexibility index (Phi) is 3.44. The van der Waals surface area contributed by atoms with Gasteiger partial charge in [0.2, 0.25) is 0 Å². The lowest BCUT2D eigenvalue weighted by Gasteiger charge is -2.15. The first-order chi connectivity index (χ1) is 7.25. The number of rotatable bonds is 3. The zero-order valence-corrected chi connectivity index (χ0v) is 9.41. The van der Waals surface area contributed by atoms with Crippen LogP contribution in [0.2, 0.25) is 5.02 Å². The summed E-state index contributed by atoms with van der Waals surface area (Å²) in [6.07, 6.45) is 4.27. The van der Waals surface area contributed by atoms with Crippen LogP contribution in [0.4, 0.5) is 0 Å². The summed E-state index contributed by atoms with van der Waals surface area (Å²) in [6, 6.07) is 3.16. The van der Waals surface area contributed by atoms with Crippen molar-refractivity contribution in [3.63, 3.8) is 0 Å². The van der Waals surface area contributed by atoms with E-state index in [1.54, 1.807) is 16.8 Å². The van der Waals surface area contributed by atoms with Crippen molar-refractivity contribution < 1.29 is 0 Å². The third kappa shape index (κ3) is 2.83. The predicted octanol–water partition coefficient (Wildman–Crippen LogP) is 1.60. The third-order valence-electron chi connectivity index (χ3n) is 2.80. The molecule has 0 N–H and O–H groups in total. The largest absolute Gasteiger partial charge is 0.313 e. The molecular formula is C11H15ClN2O. The lowest BCUT2D eigenvalue weighted by atomic mass is 10.4. The van der Waals surface area contributed by atoms with Gasteiger partial charge in [0.15, 0.2) is 0 Å². The van der Waals surface area contributed by atoms with Crippen molar-refractivity contribution in [2.24, 2.45) is 0 Å². The first kappa shape index (κ1) is 10.7. The fraction of sp³-hybridized carbons (Fsp3) is 0.545. The van der Waals surface area contributed by atoms with Crippen LogP contribution in [-0.2, 0) is 6.54 Å². The first-order valence-electron chi connectivity index (χ1n) is 5.34. The van der Waals surface area contributed by atoms with Crippen molar-refractivity contribution in [3.8, 4) is 0 Å². The molecule has 1 fully saturated rings. The molecule has 0 unspecified atom stereocenters. The van der Waals surface area contributed by atoms with Gasteiger partial charge < -0.3 is 9.47 Å². The summed E-state index contributed by atoms with van der Waals surface area (Å²) < 4.78 is 1.68. The number of pyridine rings is 1. The van der Waals surface area contributed by atoms with Gasteiger partial charge in [-0.25, -0.2) is 0 Å². The minimum Gasteiger partial charge on any atom is -0.313 e. The van der Waals surface area contributed by atoms with Crippen molar-refractivity contribution in [1.29, 1.82) is 0 Å². The van der Waals surface area contributed by atoms with E-state index >= 15 is 0 Å². The van der Waals surface area contributed by atoms with E-state index in [0.717, 1.165) is 26.2 Å². The summed E-state index contributed by atoms with van der Waals surface area (Å²) >= 11 is 5.84. The topological polar surface area (TPSA) is 25.2 Å². The molecule has 0 aromatic carbocycles. The Labute approximate surface area is 94.3 Å². The van der Waals surface area contributed by atoms with Gasteiger partial charge in [-0.2, -0.15) is 0 Å². The van der Waals surface area contributed by atoms with Crippen molar-refractivity contribution >= 4 is 11.6 Å². The molecule has 1 aliphatic heterocycles. The van der Waals surface area contributed by atoms with E-state index in [4.69, 9.17) is 11.6 Å². The van der Waals surface area contributed by atoms with Gasteiger partial charge in [-0.15, -0.1) is 0 Å². The maximum absolute atomic E-state index is 11.5. The standard InChI is InChI=1S/C11H15ClN2O/c12-10-3-4-11(15)14(9-10)8-7-13-5-1-2-6-13/h3-4,9H,1-2,5-8H2. The molecular weight excluding hydrogens is 212 g/mol. The number of hydrogen-bond donors (Lipinski definition) is 0. The third-order valence-corrected chi connectivity index (χ3v) is 3.03. The molecule has 0 saturated carbocycles. The van der Waals surface area contributed by atoms with Crippen LogP contribution in [-0.4, -0.2) is 29.1 Å². The second-order valence-electron chi connectivity index (χ2n) is 3.93. The molecule has 1 aromatic rings. The lowest BCUT2D eigenvalue weighted by Crippen LogP contribution is -2.28. The van der Waals surface area contributed by atoms with Crippen LogP contribution in [0.25, 0.3) is 0 Å². The SMILES string of the molecule is O=c1ccc(Cl)cn1CCN1CCCC1. The van der Waals surface area contributed by atoms with Crippen molar-refractivity contribution in [2.75, 3.05) is 19.6 Å². The van der Waals surface area contributed by atoms with Crippen LogP contribution in [0.5, 0.6) is 0 Å². The normalized spacial score (nSPS) is 17.1. The number of nitrogens with zero attached hydrogens (tertiary/aromatic N) is 2. The van der Waals surface area contributed by atoms with Crippen molar-refractivity contribution in [2.45, 2.75) is 19.4 Å². The second kappa shape index (κ2) is 4.81. The smallest absolute Gasteiger partial charge is 0.250 e. The number of aromatic nitrogens is 1. The Balaban J connectivity index is 1.97. The van der Waals surface area contributed by atoms with Crippen LogP contribution in [0.15, 0.2) is 23.1 Å². The summed E-state index contributed by atoms with van der Waals surface area (Å²) in [6.45, 7) is 4.00. The molecule has 2 rings (SSSR count). The van der Waals surface area contributed by atoms with Crippen molar-refractivity contribution in [1.82, 2.24) is 9.47 Å². The molecule has 0 amide bonds. The Bertz CT molecular complexity index is 382. The monoisotopic (exact) mass is 226 g/mol. The van der Waals surface area contributed by atoms with Gasteiger partial charge in [-0.1, -0.05) is 11.6 Å². The van der Waals surface area contributed by atoms with Crippen LogP contribution in [0.1, 0.15) is 12.8 Å². The van der Waals surface area contributed by atoms with Gasteiger partial charge in [0.05, 0.1) is 5.02 Å². The Morgan fingerprint density at radius 2 is 1.93 bits per heavy atom. The molecule has 15 heavy (non-hydrogen) atoms. The summed E-state index contributed by atoms with van der Waals surface area (Å²) in [7, 11) is 0. The zero-order valence-electron chi connectivity index (χ0n) is 8.66. The first-order valence-corrected chi connectivity index (χ1v) is 5.72. The maximum Gasteiger partial charge on any atom is 0.250 e. The highest BCUT2D eigenvalue weighted by molar-refractivity contribution is 6.30. The highest BCUT2D eigenvalue weighted by Crippen LogP contribution is 2.07. The average molecular weight is 227 g/mol. The van der Waals surface area contributed by atoms with E-state index < -0.39 is 0 Å². The molecule has 0 spiro atoms. The minimum absolute atomic E-state index is 0.0265. The van der Waals surface area contributed by atoms with Gasteiger partial charge in [0.25, 0.3) is 5.56 Å². The fourth-order valence-corrected chi connectivity index (χ4v) is 2.11. The fourth-order valence-electron chi connectivity index (χ4n) is 1.93. The quantitative estimate of drug-likeness (QED) is 0.782. The van der Waals surface area contributed by atoms with E-state index in [9.17, 15) is 4.79 Å². The molecule has 1 aliphatic rings. The summed E-state index contributed by atoms with van der Waals surface area (Å²) in [5, 5.41) is 0.621.